The van der Waals surface area contributed by atoms with Gasteiger partial charge in [-0.25, -0.2) is 0 Å². The Morgan fingerprint density at radius 2 is 0.809 bits per heavy atom. The summed E-state index contributed by atoms with van der Waals surface area (Å²) in [7, 11) is 0. The van der Waals surface area contributed by atoms with E-state index >= 15 is 0 Å². The van der Waals surface area contributed by atoms with Crippen LogP contribution >= 0.6 is 0 Å². The average molecular weight is 694 g/mol. The van der Waals surface area contributed by atoms with Crippen LogP contribution in [0.5, 0.6) is 0 Å². The van der Waals surface area contributed by atoms with Crippen molar-refractivity contribution in [3.63, 3.8) is 0 Å². The van der Waals surface area contributed by atoms with E-state index in [9.17, 15) is 0 Å². The van der Waals surface area contributed by atoms with Crippen LogP contribution in [0.25, 0.3) is 0 Å². The van der Waals surface area contributed by atoms with Crippen molar-refractivity contribution in [2.45, 2.75) is 62.3 Å². The zero-order valence-electron chi connectivity index (χ0n) is 26.5. The van der Waals surface area contributed by atoms with Crippen molar-refractivity contribution in [2.24, 2.45) is 0 Å². The molecule has 242 valence electrons. The summed E-state index contributed by atoms with van der Waals surface area (Å²) in [4.78, 5) is 0. The molecule has 5 atom stereocenters. The van der Waals surface area contributed by atoms with Crippen LogP contribution in [0.1, 0.15) is 22.3 Å². The molecule has 0 bridgehead atoms. The minimum absolute atomic E-state index is 0.178. The van der Waals surface area contributed by atoms with Crippen LogP contribution in [0.2, 0.25) is 5.32 Å². The molecule has 1 heterocycles. The number of ether oxygens (including phenoxy) is 5. The van der Waals surface area contributed by atoms with Gasteiger partial charge in [0.1, 0.15) is 0 Å². The molecule has 1 unspecified atom stereocenters. The van der Waals surface area contributed by atoms with Crippen LogP contribution in [-0.2, 0) is 50.1 Å². The van der Waals surface area contributed by atoms with E-state index in [2.05, 4.69) is 78.9 Å². The summed E-state index contributed by atoms with van der Waals surface area (Å²) in [5.41, 5.74) is 4.42. The maximum absolute atomic E-state index is 6.99. The number of benzene rings is 5. The van der Waals surface area contributed by atoms with Crippen LogP contribution in [0.3, 0.4) is 0 Å². The van der Waals surface area contributed by atoms with Crippen LogP contribution in [0.15, 0.2) is 152 Å². The molecular formula is C41H42O5Se. The Labute approximate surface area is 285 Å². The number of hydrogen-bond donors (Lipinski definition) is 0. The zero-order chi connectivity index (χ0) is 31.9. The Bertz CT molecular complexity index is 1560. The molecular weight excluding hydrogens is 651 g/mol. The standard InChI is InChI=1S/C41H42O5Se/c1-6-16-32(17-7-1)26-42-30-37-39(43-27-33-18-8-2-9-19-33)41(45-29-35-22-12-4-13-23-35)40(44-28-34-20-10-3-11-21-34)38(46-37)31-47-36-24-14-5-15-25-36/h1-25,37-41H,26-31H2/t37-,38?,39-,40+,41+/m1/s1. The zero-order valence-corrected chi connectivity index (χ0v) is 28.2. The van der Waals surface area contributed by atoms with Crippen molar-refractivity contribution in [3.05, 3.63) is 174 Å². The first-order valence-corrected chi connectivity index (χ1v) is 18.3. The van der Waals surface area contributed by atoms with Gasteiger partial charge >= 0.3 is 286 Å². The molecule has 0 saturated carbocycles. The molecule has 1 aliphatic heterocycles. The van der Waals surface area contributed by atoms with Gasteiger partial charge in [-0.3, -0.25) is 0 Å². The van der Waals surface area contributed by atoms with Gasteiger partial charge in [0, 0.05) is 0 Å². The SMILES string of the molecule is c1ccc(COC[C@H]2OC(C[Se]c3ccccc3)[C@H](OCc3ccccc3)[C@@H](OCc3ccccc3)[C@@H]2OCc2ccccc2)cc1. The van der Waals surface area contributed by atoms with Gasteiger partial charge in [-0.2, -0.15) is 0 Å². The Hall–Kier alpha value is -3.58. The maximum atomic E-state index is 6.99. The fourth-order valence-electron chi connectivity index (χ4n) is 5.71. The molecule has 0 aromatic heterocycles. The fraction of sp³-hybridized carbons (Fsp3) is 0.268. The normalized spacial score (nSPS) is 21.0. The van der Waals surface area contributed by atoms with E-state index in [-0.39, 0.29) is 33.3 Å². The third-order valence-electron chi connectivity index (χ3n) is 8.14. The van der Waals surface area contributed by atoms with Crippen molar-refractivity contribution in [3.8, 4) is 0 Å². The predicted octanol–water partition coefficient (Wildman–Crippen LogP) is 7.17. The molecule has 1 fully saturated rings. The Kier molecular flexibility index (Phi) is 12.8. The van der Waals surface area contributed by atoms with Crippen LogP contribution in [0.4, 0.5) is 0 Å². The molecule has 5 nitrogen and oxygen atoms in total. The second kappa shape index (κ2) is 18.1. The predicted molar refractivity (Wildman–Crippen MR) is 186 cm³/mol. The second-order valence-corrected chi connectivity index (χ2v) is 13.9. The van der Waals surface area contributed by atoms with Crippen LogP contribution in [-0.4, -0.2) is 52.1 Å². The monoisotopic (exact) mass is 694 g/mol. The van der Waals surface area contributed by atoms with Crippen molar-refractivity contribution in [1.29, 1.82) is 0 Å². The van der Waals surface area contributed by atoms with E-state index in [0.717, 1.165) is 27.6 Å². The number of rotatable bonds is 16. The molecule has 47 heavy (non-hydrogen) atoms. The third kappa shape index (κ3) is 10.2. The van der Waals surface area contributed by atoms with Gasteiger partial charge in [-0.15, -0.1) is 0 Å². The molecule has 6 rings (SSSR count). The summed E-state index contributed by atoms with van der Waals surface area (Å²) < 4.78 is 35.1. The Balaban J connectivity index is 1.29. The average Bonchev–Trinajstić information content (AvgIpc) is 3.14. The van der Waals surface area contributed by atoms with Crippen LogP contribution < -0.4 is 4.46 Å². The molecule has 1 aliphatic rings. The van der Waals surface area contributed by atoms with Gasteiger partial charge in [-0.05, 0) is 0 Å². The van der Waals surface area contributed by atoms with Crippen molar-refractivity contribution in [1.82, 2.24) is 0 Å². The van der Waals surface area contributed by atoms with Crippen molar-refractivity contribution >= 4 is 19.4 Å². The number of hydrogen-bond acceptors (Lipinski definition) is 5. The first-order valence-electron chi connectivity index (χ1n) is 16.2. The van der Waals surface area contributed by atoms with Crippen molar-refractivity contribution < 1.29 is 23.7 Å². The van der Waals surface area contributed by atoms with E-state index in [0.29, 0.717) is 33.0 Å². The summed E-state index contributed by atoms with van der Waals surface area (Å²) in [6, 6.07) is 51.7. The molecule has 0 spiro atoms. The van der Waals surface area contributed by atoms with Gasteiger partial charge in [-0.1, -0.05) is 0 Å². The third-order valence-corrected chi connectivity index (χ3v) is 10.4. The molecule has 5 aromatic rings. The first-order chi connectivity index (χ1) is 23.3. The van der Waals surface area contributed by atoms with Gasteiger partial charge in [0.2, 0.25) is 0 Å². The van der Waals surface area contributed by atoms with Crippen molar-refractivity contribution in [2.75, 3.05) is 6.61 Å². The minimum atomic E-state index is -0.420. The first kappa shape index (κ1) is 33.3. The van der Waals surface area contributed by atoms with E-state index < -0.39 is 12.2 Å². The topological polar surface area (TPSA) is 46.2 Å². The quantitative estimate of drug-likeness (QED) is 0.103. The molecule has 0 amide bonds. The molecule has 1 saturated heterocycles. The van der Waals surface area contributed by atoms with Gasteiger partial charge in [0.15, 0.2) is 0 Å². The fourth-order valence-corrected chi connectivity index (χ4v) is 7.76. The Morgan fingerprint density at radius 1 is 0.426 bits per heavy atom. The van der Waals surface area contributed by atoms with Gasteiger partial charge in [0.05, 0.1) is 0 Å². The van der Waals surface area contributed by atoms with Gasteiger partial charge < -0.3 is 0 Å². The van der Waals surface area contributed by atoms with E-state index in [1.165, 1.54) is 4.46 Å². The molecule has 5 aromatic carbocycles. The molecule has 0 radical (unpaired) electrons. The van der Waals surface area contributed by atoms with E-state index in [1.807, 2.05) is 72.8 Å². The summed E-state index contributed by atoms with van der Waals surface area (Å²) >= 11 is 0.178. The second-order valence-electron chi connectivity index (χ2n) is 11.6. The molecule has 6 heteroatoms. The summed E-state index contributed by atoms with van der Waals surface area (Å²) in [5, 5.41) is 0.836. The van der Waals surface area contributed by atoms with E-state index in [4.69, 9.17) is 23.7 Å². The molecule has 0 aliphatic carbocycles. The van der Waals surface area contributed by atoms with Crippen LogP contribution in [0, 0.1) is 0 Å². The van der Waals surface area contributed by atoms with E-state index in [1.54, 1.807) is 0 Å². The summed E-state index contributed by atoms with van der Waals surface area (Å²) in [5.74, 6) is 0. The Morgan fingerprint density at radius 3 is 1.28 bits per heavy atom. The summed E-state index contributed by atoms with van der Waals surface area (Å²) in [6.45, 7) is 2.19. The molecule has 0 N–H and O–H groups in total. The van der Waals surface area contributed by atoms with Gasteiger partial charge in [0.25, 0.3) is 0 Å². The summed E-state index contributed by atoms with van der Waals surface area (Å²) in [6.07, 6.45) is -1.72.